The summed E-state index contributed by atoms with van der Waals surface area (Å²) in [6.45, 7) is 2.72. The summed E-state index contributed by atoms with van der Waals surface area (Å²) in [5, 5.41) is 12.6. The molecule has 1 aliphatic rings. The fraction of sp³-hybridized carbons (Fsp3) is 0.421. The van der Waals surface area contributed by atoms with E-state index in [0.29, 0.717) is 5.82 Å². The normalized spacial score (nSPS) is 15.5. The highest BCUT2D eigenvalue weighted by Gasteiger charge is 2.23. The molecule has 1 saturated heterocycles. The molecule has 3 rings (SSSR count). The van der Waals surface area contributed by atoms with Crippen molar-refractivity contribution in [2.24, 2.45) is 14.1 Å². The number of likely N-dealkylation sites (tertiary alicyclic amines) is 1. The third kappa shape index (κ3) is 4.15. The predicted molar refractivity (Wildman–Crippen MR) is 108 cm³/mol. The molecule has 2 heterocycles. The van der Waals surface area contributed by atoms with Crippen LogP contribution in [0.1, 0.15) is 24.0 Å². The van der Waals surface area contributed by atoms with Gasteiger partial charge in [0.2, 0.25) is 0 Å². The molecular weight excluding hydrogens is 410 g/mol. The van der Waals surface area contributed by atoms with E-state index >= 15 is 0 Å². The van der Waals surface area contributed by atoms with Gasteiger partial charge in [-0.3, -0.25) is 18.8 Å². The minimum absolute atomic E-state index is 0.0168. The molecule has 1 aromatic heterocycles. The number of aromatic nitrogens is 2. The van der Waals surface area contributed by atoms with Crippen molar-refractivity contribution < 1.29 is 0 Å². The zero-order valence-electron chi connectivity index (χ0n) is 15.4. The molecule has 0 radical (unpaired) electrons. The fourth-order valence-corrected chi connectivity index (χ4v) is 3.66. The van der Waals surface area contributed by atoms with E-state index in [1.807, 2.05) is 18.2 Å². The van der Waals surface area contributed by atoms with E-state index in [4.69, 9.17) is 0 Å². The van der Waals surface area contributed by atoms with Gasteiger partial charge in [0.25, 0.3) is 5.56 Å². The van der Waals surface area contributed by atoms with Crippen molar-refractivity contribution in [2.75, 3.05) is 18.4 Å². The van der Waals surface area contributed by atoms with Crippen LogP contribution in [0.3, 0.4) is 0 Å². The van der Waals surface area contributed by atoms with E-state index in [0.717, 1.165) is 41.5 Å². The Morgan fingerprint density at radius 1 is 1.15 bits per heavy atom. The molecule has 2 aromatic rings. The van der Waals surface area contributed by atoms with Gasteiger partial charge in [-0.15, -0.1) is 0 Å². The standard InChI is InChI=1S/C19H22BrN5O2/c1-23-17(16(11-21)18(26)24(2)19(23)27)22-15-7-9-25(10-8-15)12-13-3-5-14(20)6-4-13/h3-6,15,22H,7-10,12H2,1-2H3. The van der Waals surface area contributed by atoms with Crippen molar-refractivity contribution in [3.05, 3.63) is 60.7 Å². The Bertz CT molecular complexity index is 979. The summed E-state index contributed by atoms with van der Waals surface area (Å²) < 4.78 is 3.38. The number of hydrogen-bond acceptors (Lipinski definition) is 5. The summed E-state index contributed by atoms with van der Waals surface area (Å²) in [4.78, 5) is 26.7. The zero-order chi connectivity index (χ0) is 19.6. The zero-order valence-corrected chi connectivity index (χ0v) is 17.0. The smallest absolute Gasteiger partial charge is 0.332 e. The maximum atomic E-state index is 12.2. The molecule has 1 fully saturated rings. The molecule has 8 heteroatoms. The Kier molecular flexibility index (Phi) is 5.82. The molecule has 1 N–H and O–H groups in total. The largest absolute Gasteiger partial charge is 0.367 e. The summed E-state index contributed by atoms with van der Waals surface area (Å²) in [5.74, 6) is 0.317. The summed E-state index contributed by atoms with van der Waals surface area (Å²) in [7, 11) is 2.96. The Labute approximate surface area is 166 Å². The first-order chi connectivity index (χ1) is 12.9. The van der Waals surface area contributed by atoms with E-state index in [1.54, 1.807) is 7.05 Å². The number of halogens is 1. The van der Waals surface area contributed by atoms with Crippen molar-refractivity contribution in [3.8, 4) is 6.07 Å². The first-order valence-electron chi connectivity index (χ1n) is 8.84. The second-order valence-corrected chi connectivity index (χ2v) is 7.78. The van der Waals surface area contributed by atoms with Gasteiger partial charge in [-0.25, -0.2) is 4.79 Å². The third-order valence-corrected chi connectivity index (χ3v) is 5.55. The Hall–Kier alpha value is -2.37. The Morgan fingerprint density at radius 2 is 1.78 bits per heavy atom. The molecule has 27 heavy (non-hydrogen) atoms. The van der Waals surface area contributed by atoms with Crippen LogP contribution in [-0.4, -0.2) is 33.2 Å². The molecule has 0 atom stereocenters. The molecule has 0 saturated carbocycles. The van der Waals surface area contributed by atoms with Gasteiger partial charge in [0.05, 0.1) is 0 Å². The maximum Gasteiger partial charge on any atom is 0.332 e. The average Bonchev–Trinajstić information content (AvgIpc) is 2.68. The lowest BCUT2D eigenvalue weighted by atomic mass is 10.0. The predicted octanol–water partition coefficient (Wildman–Crippen LogP) is 1.79. The lowest BCUT2D eigenvalue weighted by molar-refractivity contribution is 0.211. The van der Waals surface area contributed by atoms with Crippen LogP contribution in [-0.2, 0) is 20.6 Å². The maximum absolute atomic E-state index is 12.2. The Morgan fingerprint density at radius 3 is 2.37 bits per heavy atom. The average molecular weight is 432 g/mol. The number of nitrogens with one attached hydrogen (secondary N) is 1. The summed E-state index contributed by atoms with van der Waals surface area (Å²) in [5.41, 5.74) is 0.257. The molecule has 1 aliphatic heterocycles. The number of nitriles is 1. The molecule has 1 aromatic carbocycles. The quantitative estimate of drug-likeness (QED) is 0.797. The van der Waals surface area contributed by atoms with Crippen molar-refractivity contribution >= 4 is 21.7 Å². The molecule has 7 nitrogen and oxygen atoms in total. The summed E-state index contributed by atoms with van der Waals surface area (Å²) >= 11 is 3.45. The van der Waals surface area contributed by atoms with Crippen molar-refractivity contribution in [3.63, 3.8) is 0 Å². The molecular formula is C19H22BrN5O2. The number of piperidine rings is 1. The van der Waals surface area contributed by atoms with Gasteiger partial charge < -0.3 is 5.32 Å². The van der Waals surface area contributed by atoms with Gasteiger partial charge in [-0.05, 0) is 30.5 Å². The van der Waals surface area contributed by atoms with Crippen LogP contribution in [0.5, 0.6) is 0 Å². The van der Waals surface area contributed by atoms with Crippen LogP contribution in [0.2, 0.25) is 0 Å². The topological polar surface area (TPSA) is 83.1 Å². The second kappa shape index (κ2) is 8.11. The van der Waals surface area contributed by atoms with Gasteiger partial charge in [0.1, 0.15) is 11.9 Å². The van der Waals surface area contributed by atoms with Crippen LogP contribution < -0.4 is 16.6 Å². The molecule has 0 bridgehead atoms. The summed E-state index contributed by atoms with van der Waals surface area (Å²) in [6.07, 6.45) is 1.76. The van der Waals surface area contributed by atoms with Gasteiger partial charge in [-0.2, -0.15) is 5.26 Å². The first kappa shape index (κ1) is 19.4. The van der Waals surface area contributed by atoms with E-state index in [2.05, 4.69) is 38.3 Å². The SMILES string of the molecule is Cn1c(NC2CCN(Cc3ccc(Br)cc3)CC2)c(C#N)c(=O)n(C)c1=O. The van der Waals surface area contributed by atoms with Crippen LogP contribution >= 0.6 is 15.9 Å². The van der Waals surface area contributed by atoms with Crippen LogP contribution in [0.4, 0.5) is 5.82 Å². The van der Waals surface area contributed by atoms with Crippen LogP contribution in [0.25, 0.3) is 0 Å². The van der Waals surface area contributed by atoms with Crippen LogP contribution in [0.15, 0.2) is 38.3 Å². The number of anilines is 1. The van der Waals surface area contributed by atoms with Gasteiger partial charge >= 0.3 is 5.69 Å². The minimum Gasteiger partial charge on any atom is -0.367 e. The molecule has 0 unspecified atom stereocenters. The monoisotopic (exact) mass is 431 g/mol. The van der Waals surface area contributed by atoms with E-state index in [1.165, 1.54) is 17.2 Å². The minimum atomic E-state index is -0.559. The number of nitrogens with zero attached hydrogens (tertiary/aromatic N) is 4. The molecule has 0 aliphatic carbocycles. The van der Waals surface area contributed by atoms with Gasteiger partial charge in [0.15, 0.2) is 5.56 Å². The van der Waals surface area contributed by atoms with E-state index < -0.39 is 11.2 Å². The number of rotatable bonds is 4. The third-order valence-electron chi connectivity index (χ3n) is 5.02. The second-order valence-electron chi connectivity index (χ2n) is 6.86. The number of hydrogen-bond donors (Lipinski definition) is 1. The highest BCUT2D eigenvalue weighted by atomic mass is 79.9. The lowest BCUT2D eigenvalue weighted by Crippen LogP contribution is -2.43. The lowest BCUT2D eigenvalue weighted by Gasteiger charge is -2.33. The van der Waals surface area contributed by atoms with Crippen molar-refractivity contribution in [1.29, 1.82) is 5.26 Å². The highest BCUT2D eigenvalue weighted by molar-refractivity contribution is 9.10. The summed E-state index contributed by atoms with van der Waals surface area (Å²) in [6, 6.07) is 10.4. The van der Waals surface area contributed by atoms with Crippen molar-refractivity contribution in [1.82, 2.24) is 14.0 Å². The van der Waals surface area contributed by atoms with Gasteiger partial charge in [0, 0.05) is 44.2 Å². The highest BCUT2D eigenvalue weighted by Crippen LogP contribution is 2.19. The van der Waals surface area contributed by atoms with Crippen molar-refractivity contribution in [2.45, 2.75) is 25.4 Å². The van der Waals surface area contributed by atoms with E-state index in [9.17, 15) is 14.9 Å². The van der Waals surface area contributed by atoms with Crippen LogP contribution in [0, 0.1) is 11.3 Å². The number of benzene rings is 1. The van der Waals surface area contributed by atoms with Gasteiger partial charge in [-0.1, -0.05) is 28.1 Å². The molecule has 0 amide bonds. The van der Waals surface area contributed by atoms with E-state index in [-0.39, 0.29) is 11.6 Å². The molecule has 142 valence electrons. The fourth-order valence-electron chi connectivity index (χ4n) is 3.39. The Balaban J connectivity index is 1.68. The molecule has 0 spiro atoms. The first-order valence-corrected chi connectivity index (χ1v) is 9.63.